The van der Waals surface area contributed by atoms with Crippen LogP contribution in [0.4, 0.5) is 4.39 Å². The minimum Gasteiger partial charge on any atom is -0.314 e. The minimum absolute atomic E-state index is 0.304. The summed E-state index contributed by atoms with van der Waals surface area (Å²) in [6.45, 7) is 0.827. The Morgan fingerprint density at radius 2 is 2.12 bits per heavy atom. The number of hydrogen-bond donors (Lipinski definition) is 1. The number of aromatic nitrogens is 2. The third kappa shape index (κ3) is 1.73. The Morgan fingerprint density at radius 1 is 1.24 bits per heavy atom. The molecule has 1 aliphatic heterocycles. The van der Waals surface area contributed by atoms with E-state index in [0.717, 1.165) is 37.1 Å². The zero-order valence-electron chi connectivity index (χ0n) is 9.54. The smallest absolute Gasteiger partial charge is 0.135 e. The second-order valence-corrected chi connectivity index (χ2v) is 4.50. The number of aryl methyl sites for hydroxylation is 1. The number of benzene rings is 1. The maximum Gasteiger partial charge on any atom is 0.135 e. The van der Waals surface area contributed by atoms with Crippen LogP contribution in [0.15, 0.2) is 18.2 Å². The lowest BCUT2D eigenvalue weighted by molar-refractivity contribution is 0.600. The van der Waals surface area contributed by atoms with Crippen LogP contribution < -0.4 is 5.49 Å². The van der Waals surface area contributed by atoms with E-state index in [-0.39, 0.29) is 5.82 Å². The minimum atomic E-state index is -0.304. The molecule has 1 aromatic carbocycles. The molecule has 0 atom stereocenters. The summed E-state index contributed by atoms with van der Waals surface area (Å²) < 4.78 is 15.1. The van der Waals surface area contributed by atoms with E-state index in [0.29, 0.717) is 10.9 Å². The van der Waals surface area contributed by atoms with E-state index in [1.165, 1.54) is 18.6 Å². The first-order chi connectivity index (χ1) is 8.25. The van der Waals surface area contributed by atoms with Crippen LogP contribution in [0.2, 0.25) is 0 Å². The largest absolute Gasteiger partial charge is 0.314 e. The van der Waals surface area contributed by atoms with Gasteiger partial charge in [0.15, 0.2) is 0 Å². The summed E-state index contributed by atoms with van der Waals surface area (Å²) in [7, 11) is 0. The van der Waals surface area contributed by atoms with E-state index in [1.54, 1.807) is 6.07 Å². The molecule has 0 radical (unpaired) electrons. The van der Waals surface area contributed by atoms with Crippen molar-refractivity contribution < 1.29 is 4.39 Å². The maximum atomic E-state index is 13.2. The third-order valence-electron chi connectivity index (χ3n) is 3.33. The molecule has 0 aliphatic carbocycles. The standard InChI is InChI=1S/C13H14FN3/c14-9-5-6-11-10(8-9)13(15)17-7-3-1-2-4-12(17)16-11/h5-6,8,15H,1-4,7H2. The van der Waals surface area contributed by atoms with Gasteiger partial charge in [-0.25, -0.2) is 9.37 Å². The van der Waals surface area contributed by atoms with Crippen molar-refractivity contribution in [1.29, 1.82) is 5.41 Å². The molecule has 88 valence electrons. The van der Waals surface area contributed by atoms with Gasteiger partial charge in [0.25, 0.3) is 0 Å². The molecule has 2 heterocycles. The molecule has 1 aliphatic rings. The van der Waals surface area contributed by atoms with Crippen LogP contribution in [0.25, 0.3) is 10.9 Å². The van der Waals surface area contributed by atoms with Crippen molar-refractivity contribution in [3.63, 3.8) is 0 Å². The Bertz CT molecular complexity index is 630. The van der Waals surface area contributed by atoms with Crippen LogP contribution >= 0.6 is 0 Å². The Hall–Kier alpha value is -1.71. The van der Waals surface area contributed by atoms with Gasteiger partial charge in [0.1, 0.15) is 17.1 Å². The third-order valence-corrected chi connectivity index (χ3v) is 3.33. The van der Waals surface area contributed by atoms with Crippen LogP contribution in [-0.4, -0.2) is 9.55 Å². The van der Waals surface area contributed by atoms with Gasteiger partial charge in [-0.2, -0.15) is 0 Å². The second kappa shape index (κ2) is 3.95. The first kappa shape index (κ1) is 10.4. The lowest BCUT2D eigenvalue weighted by Gasteiger charge is -2.11. The second-order valence-electron chi connectivity index (χ2n) is 4.50. The number of fused-ring (bicyclic) bond motifs is 2. The van der Waals surface area contributed by atoms with Crippen LogP contribution in [0.5, 0.6) is 0 Å². The Kier molecular flexibility index (Phi) is 2.42. The van der Waals surface area contributed by atoms with E-state index in [4.69, 9.17) is 5.41 Å². The van der Waals surface area contributed by atoms with Crippen molar-refractivity contribution in [2.75, 3.05) is 0 Å². The van der Waals surface area contributed by atoms with Crippen LogP contribution in [0, 0.1) is 11.2 Å². The molecule has 0 amide bonds. The molecule has 1 aromatic heterocycles. The summed E-state index contributed by atoms with van der Waals surface area (Å²) in [5, 5.41) is 8.77. The predicted molar refractivity (Wildman–Crippen MR) is 63.1 cm³/mol. The Balaban J connectivity index is 2.33. The van der Waals surface area contributed by atoms with Gasteiger partial charge in [-0.3, -0.25) is 5.41 Å². The van der Waals surface area contributed by atoms with Crippen LogP contribution in [0.3, 0.4) is 0 Å². The number of rotatable bonds is 0. The van der Waals surface area contributed by atoms with Gasteiger partial charge >= 0.3 is 0 Å². The fourth-order valence-electron chi connectivity index (χ4n) is 2.43. The quantitative estimate of drug-likeness (QED) is 0.743. The van der Waals surface area contributed by atoms with Crippen molar-refractivity contribution >= 4 is 10.9 Å². The van der Waals surface area contributed by atoms with Gasteiger partial charge in [-0.1, -0.05) is 6.42 Å². The topological polar surface area (TPSA) is 41.7 Å². The molecule has 0 bridgehead atoms. The van der Waals surface area contributed by atoms with Gasteiger partial charge in [0.2, 0.25) is 0 Å². The predicted octanol–water partition coefficient (Wildman–Crippen LogP) is 2.38. The fourth-order valence-corrected chi connectivity index (χ4v) is 2.43. The average Bonchev–Trinajstić information content (AvgIpc) is 2.56. The SMILES string of the molecule is N=c1c2cc(F)ccc2nc2n1CCCCC2. The first-order valence-electron chi connectivity index (χ1n) is 5.99. The number of nitrogens with zero attached hydrogens (tertiary/aromatic N) is 2. The molecule has 0 spiro atoms. The lowest BCUT2D eigenvalue weighted by Crippen LogP contribution is -2.24. The first-order valence-corrected chi connectivity index (χ1v) is 5.99. The molecule has 17 heavy (non-hydrogen) atoms. The molecular weight excluding hydrogens is 217 g/mol. The average molecular weight is 231 g/mol. The zero-order valence-corrected chi connectivity index (χ0v) is 9.54. The highest BCUT2D eigenvalue weighted by molar-refractivity contribution is 5.77. The number of halogens is 1. The molecule has 2 aromatic rings. The van der Waals surface area contributed by atoms with Gasteiger partial charge in [0.05, 0.1) is 5.52 Å². The van der Waals surface area contributed by atoms with Crippen molar-refractivity contribution in [2.45, 2.75) is 32.2 Å². The summed E-state index contributed by atoms with van der Waals surface area (Å²) in [6, 6.07) is 4.47. The fraction of sp³-hybridized carbons (Fsp3) is 0.385. The van der Waals surface area contributed by atoms with Crippen molar-refractivity contribution in [2.24, 2.45) is 0 Å². The highest BCUT2D eigenvalue weighted by Gasteiger charge is 2.11. The van der Waals surface area contributed by atoms with E-state index in [9.17, 15) is 4.39 Å². The van der Waals surface area contributed by atoms with E-state index >= 15 is 0 Å². The van der Waals surface area contributed by atoms with Crippen LogP contribution in [0.1, 0.15) is 25.1 Å². The Morgan fingerprint density at radius 3 is 3.00 bits per heavy atom. The summed E-state index contributed by atoms with van der Waals surface area (Å²) in [5.74, 6) is 0.661. The summed E-state index contributed by atoms with van der Waals surface area (Å²) >= 11 is 0. The highest BCUT2D eigenvalue weighted by atomic mass is 19.1. The molecule has 1 N–H and O–H groups in total. The molecule has 4 heteroatoms. The summed E-state index contributed by atoms with van der Waals surface area (Å²) in [4.78, 5) is 4.55. The number of nitrogens with one attached hydrogen (secondary N) is 1. The monoisotopic (exact) mass is 231 g/mol. The normalized spacial score (nSPS) is 15.6. The maximum absolute atomic E-state index is 13.2. The number of hydrogen-bond acceptors (Lipinski definition) is 2. The Labute approximate surface area is 98.4 Å². The highest BCUT2D eigenvalue weighted by Crippen LogP contribution is 2.15. The summed E-state index contributed by atoms with van der Waals surface area (Å²) in [5.41, 5.74) is 1.12. The molecule has 3 nitrogen and oxygen atoms in total. The zero-order chi connectivity index (χ0) is 11.8. The van der Waals surface area contributed by atoms with Crippen molar-refractivity contribution in [3.8, 4) is 0 Å². The molecular formula is C13H14FN3. The van der Waals surface area contributed by atoms with E-state index < -0.39 is 0 Å². The van der Waals surface area contributed by atoms with Gasteiger partial charge < -0.3 is 4.57 Å². The van der Waals surface area contributed by atoms with E-state index in [1.807, 2.05) is 4.57 Å². The molecule has 0 saturated carbocycles. The van der Waals surface area contributed by atoms with Crippen molar-refractivity contribution in [1.82, 2.24) is 9.55 Å². The molecule has 0 fully saturated rings. The van der Waals surface area contributed by atoms with Gasteiger partial charge in [-0.05, 0) is 31.0 Å². The lowest BCUT2D eigenvalue weighted by atomic mass is 10.2. The molecule has 0 saturated heterocycles. The van der Waals surface area contributed by atoms with Crippen molar-refractivity contribution in [3.05, 3.63) is 35.3 Å². The molecule has 0 unspecified atom stereocenters. The van der Waals surface area contributed by atoms with E-state index in [2.05, 4.69) is 4.98 Å². The van der Waals surface area contributed by atoms with Crippen LogP contribution in [-0.2, 0) is 13.0 Å². The van der Waals surface area contributed by atoms with Gasteiger partial charge in [-0.15, -0.1) is 0 Å². The van der Waals surface area contributed by atoms with Gasteiger partial charge in [0, 0.05) is 18.4 Å². The summed E-state index contributed by atoms with van der Waals surface area (Å²) in [6.07, 6.45) is 4.29. The molecule has 3 rings (SSSR count).